The Bertz CT molecular complexity index is 341. The number of hydrogen-bond donors (Lipinski definition) is 0. The second kappa shape index (κ2) is 4.08. The Hall–Kier alpha value is -0.640. The van der Waals surface area contributed by atoms with Crippen molar-refractivity contribution in [2.45, 2.75) is 18.8 Å². The largest absolute Gasteiger partial charge is 0.343 e. The Morgan fingerprint density at radius 2 is 2.13 bits per heavy atom. The molecule has 1 aliphatic rings. The van der Waals surface area contributed by atoms with E-state index in [-0.39, 0.29) is 11.9 Å². The quantitative estimate of drug-likeness (QED) is 0.728. The van der Waals surface area contributed by atoms with Crippen LogP contribution >= 0.6 is 11.6 Å². The molecule has 0 amide bonds. The lowest BCUT2D eigenvalue weighted by Gasteiger charge is -2.23. The number of halogens is 2. The van der Waals surface area contributed by atoms with Gasteiger partial charge in [0, 0.05) is 5.56 Å². The molecule has 1 aliphatic heterocycles. The fourth-order valence-corrected chi connectivity index (χ4v) is 1.77. The summed E-state index contributed by atoms with van der Waals surface area (Å²) in [7, 11) is 0. The predicted octanol–water partition coefficient (Wildman–Crippen LogP) is 2.65. The zero-order valence-electron chi connectivity index (χ0n) is 8.37. The molecule has 15 heavy (non-hydrogen) atoms. The van der Waals surface area contributed by atoms with Crippen LogP contribution in [0.15, 0.2) is 24.3 Å². The highest BCUT2D eigenvalue weighted by atomic mass is 35.5. The van der Waals surface area contributed by atoms with Gasteiger partial charge in [0.1, 0.15) is 5.82 Å². The van der Waals surface area contributed by atoms with E-state index in [1.54, 1.807) is 12.1 Å². The second-order valence-electron chi connectivity index (χ2n) is 3.66. The molecule has 1 aromatic rings. The van der Waals surface area contributed by atoms with E-state index in [0.717, 1.165) is 5.56 Å². The van der Waals surface area contributed by atoms with Crippen LogP contribution in [0.3, 0.4) is 0 Å². The van der Waals surface area contributed by atoms with E-state index in [0.29, 0.717) is 12.5 Å². The van der Waals surface area contributed by atoms with Gasteiger partial charge in [-0.2, -0.15) is 0 Å². The van der Waals surface area contributed by atoms with Gasteiger partial charge >= 0.3 is 0 Å². The Balaban J connectivity index is 2.20. The third-order valence-corrected chi connectivity index (χ3v) is 2.82. The summed E-state index contributed by atoms with van der Waals surface area (Å²) in [5.41, 5.74) is 0.802. The van der Waals surface area contributed by atoms with Gasteiger partial charge in [0.15, 0.2) is 5.79 Å². The zero-order valence-corrected chi connectivity index (χ0v) is 9.13. The molecule has 0 aliphatic carbocycles. The van der Waals surface area contributed by atoms with Crippen molar-refractivity contribution in [1.82, 2.24) is 0 Å². The minimum absolute atomic E-state index is 0.0956. The first-order chi connectivity index (χ1) is 7.14. The van der Waals surface area contributed by atoms with Crippen molar-refractivity contribution in [2.24, 2.45) is 0 Å². The topological polar surface area (TPSA) is 18.5 Å². The van der Waals surface area contributed by atoms with Crippen LogP contribution in [-0.2, 0) is 15.3 Å². The zero-order chi connectivity index (χ0) is 10.9. The third-order valence-electron chi connectivity index (χ3n) is 2.48. The van der Waals surface area contributed by atoms with Crippen molar-refractivity contribution in [3.8, 4) is 0 Å². The molecule has 1 heterocycles. The van der Waals surface area contributed by atoms with E-state index < -0.39 is 5.79 Å². The van der Waals surface area contributed by atoms with Crippen molar-refractivity contribution in [2.75, 3.05) is 12.5 Å². The van der Waals surface area contributed by atoms with Gasteiger partial charge in [0.2, 0.25) is 0 Å². The van der Waals surface area contributed by atoms with Crippen LogP contribution in [0.2, 0.25) is 0 Å². The second-order valence-corrected chi connectivity index (χ2v) is 3.97. The van der Waals surface area contributed by atoms with Gasteiger partial charge in [0.05, 0.1) is 18.6 Å². The van der Waals surface area contributed by atoms with Crippen LogP contribution in [0.4, 0.5) is 4.39 Å². The molecule has 2 nitrogen and oxygen atoms in total. The molecule has 0 spiro atoms. The molecule has 4 heteroatoms. The Kier molecular flexibility index (Phi) is 2.96. The minimum atomic E-state index is -0.798. The first-order valence-corrected chi connectivity index (χ1v) is 5.31. The lowest BCUT2D eigenvalue weighted by Crippen LogP contribution is -2.24. The third kappa shape index (κ3) is 2.14. The minimum Gasteiger partial charge on any atom is -0.343 e. The molecule has 1 fully saturated rings. The summed E-state index contributed by atoms with van der Waals surface area (Å²) in [6.07, 6.45) is -0.0956. The Labute approximate surface area is 92.9 Å². The van der Waals surface area contributed by atoms with Crippen molar-refractivity contribution >= 4 is 11.6 Å². The summed E-state index contributed by atoms with van der Waals surface area (Å²) in [4.78, 5) is 0. The van der Waals surface area contributed by atoms with E-state index in [1.165, 1.54) is 12.1 Å². The molecule has 1 aromatic carbocycles. The van der Waals surface area contributed by atoms with Gasteiger partial charge in [0.25, 0.3) is 0 Å². The standard InChI is InChI=1S/C11H12ClFO2/c1-11(14-7-10(6-12)15-11)8-2-4-9(13)5-3-8/h2-5,10H,6-7H2,1H3. The lowest BCUT2D eigenvalue weighted by molar-refractivity contribution is -0.159. The van der Waals surface area contributed by atoms with Crippen LogP contribution in [-0.4, -0.2) is 18.6 Å². The molecule has 0 aromatic heterocycles. The SMILES string of the molecule is CC1(c2ccc(F)cc2)OCC(CCl)O1. The maximum Gasteiger partial charge on any atom is 0.192 e. The van der Waals surface area contributed by atoms with Crippen LogP contribution in [0, 0.1) is 5.82 Å². The molecule has 0 N–H and O–H groups in total. The molecular formula is C11H12ClFO2. The van der Waals surface area contributed by atoms with Crippen molar-refractivity contribution in [3.05, 3.63) is 35.6 Å². The molecule has 1 saturated heterocycles. The first-order valence-electron chi connectivity index (χ1n) is 4.78. The number of ether oxygens (including phenoxy) is 2. The number of benzene rings is 1. The molecule has 2 unspecified atom stereocenters. The molecule has 2 atom stereocenters. The average Bonchev–Trinajstić information content (AvgIpc) is 2.62. The molecule has 0 saturated carbocycles. The smallest absolute Gasteiger partial charge is 0.192 e. The monoisotopic (exact) mass is 230 g/mol. The first kappa shape index (κ1) is 10.9. The Morgan fingerprint density at radius 1 is 1.47 bits per heavy atom. The van der Waals surface area contributed by atoms with Crippen molar-refractivity contribution < 1.29 is 13.9 Å². The highest BCUT2D eigenvalue weighted by Crippen LogP contribution is 2.33. The van der Waals surface area contributed by atoms with Crippen molar-refractivity contribution in [1.29, 1.82) is 0 Å². The summed E-state index contributed by atoms with van der Waals surface area (Å²) < 4.78 is 23.9. The molecule has 2 rings (SSSR count). The lowest BCUT2D eigenvalue weighted by atomic mass is 10.1. The fraction of sp³-hybridized carbons (Fsp3) is 0.455. The van der Waals surface area contributed by atoms with E-state index in [1.807, 2.05) is 6.92 Å². The van der Waals surface area contributed by atoms with E-state index >= 15 is 0 Å². The number of rotatable bonds is 2. The summed E-state index contributed by atoms with van der Waals surface area (Å²) in [5, 5.41) is 0. The van der Waals surface area contributed by atoms with Gasteiger partial charge < -0.3 is 9.47 Å². The van der Waals surface area contributed by atoms with Crippen molar-refractivity contribution in [3.63, 3.8) is 0 Å². The summed E-state index contributed by atoms with van der Waals surface area (Å²) >= 11 is 5.68. The van der Waals surface area contributed by atoms with E-state index in [4.69, 9.17) is 21.1 Å². The van der Waals surface area contributed by atoms with Gasteiger partial charge in [-0.3, -0.25) is 0 Å². The molecule has 0 bridgehead atoms. The van der Waals surface area contributed by atoms with Crippen LogP contribution in [0.5, 0.6) is 0 Å². The predicted molar refractivity (Wildman–Crippen MR) is 55.3 cm³/mol. The van der Waals surface area contributed by atoms with Crippen LogP contribution in [0.25, 0.3) is 0 Å². The summed E-state index contributed by atoms with van der Waals surface area (Å²) in [6.45, 7) is 2.28. The maximum atomic E-state index is 12.7. The highest BCUT2D eigenvalue weighted by molar-refractivity contribution is 6.18. The van der Waals surface area contributed by atoms with Crippen LogP contribution < -0.4 is 0 Å². The van der Waals surface area contributed by atoms with E-state index in [9.17, 15) is 4.39 Å². The van der Waals surface area contributed by atoms with Gasteiger partial charge in [-0.1, -0.05) is 12.1 Å². The molecular weight excluding hydrogens is 219 g/mol. The number of alkyl halides is 1. The summed E-state index contributed by atoms with van der Waals surface area (Å²) in [5.74, 6) is -0.668. The Morgan fingerprint density at radius 3 is 2.67 bits per heavy atom. The molecule has 82 valence electrons. The molecule has 0 radical (unpaired) electrons. The average molecular weight is 231 g/mol. The highest BCUT2D eigenvalue weighted by Gasteiger charge is 2.38. The normalized spacial score (nSPS) is 30.7. The van der Waals surface area contributed by atoms with Crippen LogP contribution in [0.1, 0.15) is 12.5 Å². The maximum absolute atomic E-state index is 12.7. The van der Waals surface area contributed by atoms with Gasteiger partial charge in [-0.05, 0) is 19.1 Å². The fourth-order valence-electron chi connectivity index (χ4n) is 1.62. The summed E-state index contributed by atoms with van der Waals surface area (Å²) in [6, 6.07) is 6.10. The van der Waals surface area contributed by atoms with E-state index in [2.05, 4.69) is 0 Å². The van der Waals surface area contributed by atoms with Gasteiger partial charge in [-0.25, -0.2) is 4.39 Å². The van der Waals surface area contributed by atoms with Gasteiger partial charge in [-0.15, -0.1) is 11.6 Å². The number of hydrogen-bond acceptors (Lipinski definition) is 2.